The van der Waals surface area contributed by atoms with Gasteiger partial charge in [-0.1, -0.05) is 36.0 Å². The zero-order valence-electron chi connectivity index (χ0n) is 15.2. The summed E-state index contributed by atoms with van der Waals surface area (Å²) in [6.45, 7) is 1.87. The zero-order valence-corrected chi connectivity index (χ0v) is 17.6. The lowest BCUT2D eigenvalue weighted by Crippen LogP contribution is -2.41. The molecule has 1 aliphatic heterocycles. The van der Waals surface area contributed by atoms with E-state index in [1.807, 2.05) is 60.1 Å². The van der Waals surface area contributed by atoms with Gasteiger partial charge < -0.3 is 15.5 Å². The second-order valence-electron chi connectivity index (χ2n) is 6.26. The van der Waals surface area contributed by atoms with Crippen LogP contribution in [0.1, 0.15) is 17.4 Å². The topological polar surface area (TPSA) is 81.1 Å². The Morgan fingerprint density at radius 3 is 2.75 bits per heavy atom. The Labute approximate surface area is 175 Å². The van der Waals surface area contributed by atoms with Crippen molar-refractivity contribution in [2.45, 2.75) is 23.4 Å². The molecule has 1 amide bonds. The molecule has 2 aromatic carbocycles. The first-order chi connectivity index (χ1) is 13.6. The van der Waals surface area contributed by atoms with E-state index >= 15 is 0 Å². The highest BCUT2D eigenvalue weighted by atomic mass is 79.9. The fourth-order valence-corrected chi connectivity index (χ4v) is 4.71. The maximum absolute atomic E-state index is 13.1. The molecule has 0 saturated heterocycles. The van der Waals surface area contributed by atoms with Gasteiger partial charge in [-0.15, -0.1) is 10.2 Å². The highest BCUT2D eigenvalue weighted by molar-refractivity contribution is 9.10. The third kappa shape index (κ3) is 3.59. The van der Waals surface area contributed by atoms with Crippen LogP contribution in [0.4, 0.5) is 5.69 Å². The minimum atomic E-state index is -0.434. The van der Waals surface area contributed by atoms with Gasteiger partial charge in [0.1, 0.15) is 16.8 Å². The number of amides is 1. The maximum Gasteiger partial charge on any atom is 0.240 e. The number of thioether (sulfide) groups is 1. The molecule has 0 unspecified atom stereocenters. The zero-order chi connectivity index (χ0) is 19.7. The monoisotopic (exact) mass is 459 g/mol. The highest BCUT2D eigenvalue weighted by Crippen LogP contribution is 2.39. The van der Waals surface area contributed by atoms with Gasteiger partial charge in [0.25, 0.3) is 0 Å². The molecule has 0 aliphatic carbocycles. The van der Waals surface area contributed by atoms with Crippen LogP contribution in [-0.4, -0.2) is 33.1 Å². The number of para-hydroxylation sites is 1. The van der Waals surface area contributed by atoms with Crippen LogP contribution in [0.15, 0.2) is 58.2 Å². The van der Waals surface area contributed by atoms with E-state index in [2.05, 4.69) is 36.9 Å². The first-order valence-corrected chi connectivity index (χ1v) is 10.3. The summed E-state index contributed by atoms with van der Waals surface area (Å²) in [5.41, 5.74) is 5.10. The van der Waals surface area contributed by atoms with Gasteiger partial charge in [0.15, 0.2) is 0 Å². The van der Waals surface area contributed by atoms with Crippen molar-refractivity contribution in [3.63, 3.8) is 0 Å². The van der Waals surface area contributed by atoms with Gasteiger partial charge in [-0.2, -0.15) is 0 Å². The second kappa shape index (κ2) is 7.84. The Hall–Kier alpha value is -2.52. The number of benzene rings is 2. The number of ether oxygens (including phenoxy) is 1. The molecule has 0 fully saturated rings. The number of rotatable bonds is 4. The molecule has 2 heterocycles. The number of fused-ring (bicyclic) bond motifs is 1. The Bertz CT molecular complexity index is 1010. The number of methoxy groups -OCH3 is 1. The van der Waals surface area contributed by atoms with Crippen molar-refractivity contribution >= 4 is 39.3 Å². The quantitative estimate of drug-likeness (QED) is 0.618. The van der Waals surface area contributed by atoms with Crippen molar-refractivity contribution in [1.29, 1.82) is 0 Å². The van der Waals surface area contributed by atoms with Crippen LogP contribution in [-0.2, 0) is 4.79 Å². The Balaban J connectivity index is 1.69. The summed E-state index contributed by atoms with van der Waals surface area (Å²) < 4.78 is 7.97. The van der Waals surface area contributed by atoms with Crippen LogP contribution >= 0.6 is 27.7 Å². The summed E-state index contributed by atoms with van der Waals surface area (Å²) in [5.74, 6) is 1.37. The van der Waals surface area contributed by atoms with Crippen LogP contribution in [0.3, 0.4) is 0 Å². The Morgan fingerprint density at radius 1 is 1.25 bits per heavy atom. The Kier molecular flexibility index (Phi) is 5.27. The number of anilines is 1. The molecule has 3 aromatic rings. The van der Waals surface area contributed by atoms with Crippen LogP contribution in [0.2, 0.25) is 0 Å². The van der Waals surface area contributed by atoms with Gasteiger partial charge in [-0.05, 0) is 52.7 Å². The smallest absolute Gasteiger partial charge is 0.240 e. The number of carbonyl (C=O) groups excluding carboxylic acids is 1. The molecule has 0 spiro atoms. The van der Waals surface area contributed by atoms with E-state index in [4.69, 9.17) is 4.74 Å². The average molecular weight is 460 g/mol. The summed E-state index contributed by atoms with van der Waals surface area (Å²) in [6.07, 6.45) is 0. The predicted molar refractivity (Wildman–Crippen MR) is 112 cm³/mol. The molecule has 2 N–H and O–H groups in total. The summed E-state index contributed by atoms with van der Waals surface area (Å²) in [7, 11) is 1.62. The van der Waals surface area contributed by atoms with Crippen LogP contribution in [0.25, 0.3) is 0 Å². The van der Waals surface area contributed by atoms with Gasteiger partial charge >= 0.3 is 0 Å². The Morgan fingerprint density at radius 2 is 2.04 bits per heavy atom. The molecular weight excluding hydrogens is 442 g/mol. The fourth-order valence-electron chi connectivity index (χ4n) is 3.02. The predicted octanol–water partition coefficient (Wildman–Crippen LogP) is 3.76. The molecule has 0 saturated carbocycles. The van der Waals surface area contributed by atoms with E-state index < -0.39 is 5.25 Å². The molecule has 1 aromatic heterocycles. The molecule has 1 aliphatic rings. The van der Waals surface area contributed by atoms with E-state index in [9.17, 15) is 4.79 Å². The minimum Gasteiger partial charge on any atom is -0.496 e. The van der Waals surface area contributed by atoms with Gasteiger partial charge in [-0.25, -0.2) is 4.68 Å². The lowest BCUT2D eigenvalue weighted by Gasteiger charge is -2.33. The van der Waals surface area contributed by atoms with Crippen molar-refractivity contribution in [2.75, 3.05) is 17.9 Å². The summed E-state index contributed by atoms with van der Waals surface area (Å²) >= 11 is 4.92. The number of aryl methyl sites for hydroxylation is 1. The van der Waals surface area contributed by atoms with Crippen LogP contribution in [0.5, 0.6) is 5.75 Å². The number of aromatic nitrogens is 3. The number of nitrogens with zero attached hydrogens (tertiary/aromatic N) is 3. The molecule has 9 heteroatoms. The van der Waals surface area contributed by atoms with Gasteiger partial charge in [0.2, 0.25) is 11.1 Å². The molecule has 7 nitrogen and oxygen atoms in total. The lowest BCUT2D eigenvalue weighted by atomic mass is 10.0. The first-order valence-electron chi connectivity index (χ1n) is 8.61. The van der Waals surface area contributed by atoms with E-state index in [1.165, 1.54) is 11.8 Å². The standard InChI is InChI=1S/C19H18BrN5O2S/c1-11-22-23-19-25(11)24-16(12-8-9-15(27-2)14(20)10-12)17(28-19)18(26)21-13-6-4-3-5-7-13/h3-10,16-17,24H,1-2H3,(H,21,26)/t16-,17+/m1/s1. The summed E-state index contributed by atoms with van der Waals surface area (Å²) in [4.78, 5) is 13.1. The van der Waals surface area contributed by atoms with E-state index in [-0.39, 0.29) is 11.9 Å². The van der Waals surface area contributed by atoms with Gasteiger partial charge in [0, 0.05) is 5.69 Å². The van der Waals surface area contributed by atoms with Crippen molar-refractivity contribution in [3.05, 3.63) is 64.4 Å². The average Bonchev–Trinajstić information content (AvgIpc) is 3.08. The van der Waals surface area contributed by atoms with Crippen molar-refractivity contribution in [2.24, 2.45) is 0 Å². The van der Waals surface area contributed by atoms with Crippen molar-refractivity contribution < 1.29 is 9.53 Å². The van der Waals surface area contributed by atoms with Crippen LogP contribution < -0.4 is 15.5 Å². The summed E-state index contributed by atoms with van der Waals surface area (Å²) in [6, 6.07) is 14.9. The minimum absolute atomic E-state index is 0.104. The highest BCUT2D eigenvalue weighted by Gasteiger charge is 2.37. The van der Waals surface area contributed by atoms with Crippen molar-refractivity contribution in [3.8, 4) is 5.75 Å². The molecule has 2 atom stereocenters. The molecule has 0 radical (unpaired) electrons. The third-order valence-corrected chi connectivity index (χ3v) is 6.27. The number of hydrogen-bond donors (Lipinski definition) is 2. The molecule has 0 bridgehead atoms. The largest absolute Gasteiger partial charge is 0.496 e. The van der Waals surface area contributed by atoms with E-state index in [0.29, 0.717) is 5.16 Å². The van der Waals surface area contributed by atoms with Gasteiger partial charge in [0.05, 0.1) is 17.6 Å². The van der Waals surface area contributed by atoms with Crippen molar-refractivity contribution in [1.82, 2.24) is 14.9 Å². The SMILES string of the molecule is COc1ccc([C@H]2Nn3c(C)nnc3S[C@@H]2C(=O)Nc2ccccc2)cc1Br. The lowest BCUT2D eigenvalue weighted by molar-refractivity contribution is -0.116. The number of nitrogens with one attached hydrogen (secondary N) is 2. The molecular formula is C19H18BrN5O2S. The van der Waals surface area contributed by atoms with E-state index in [1.54, 1.807) is 7.11 Å². The molecule has 4 rings (SSSR count). The first kappa shape index (κ1) is 18.8. The number of carbonyl (C=O) groups is 1. The van der Waals surface area contributed by atoms with E-state index in [0.717, 1.165) is 27.3 Å². The molecule has 28 heavy (non-hydrogen) atoms. The molecule has 144 valence electrons. The normalized spacial score (nSPS) is 18.1. The second-order valence-corrected chi connectivity index (χ2v) is 8.22. The summed E-state index contributed by atoms with van der Waals surface area (Å²) in [5, 5.41) is 11.5. The number of hydrogen-bond acceptors (Lipinski definition) is 6. The fraction of sp³-hybridized carbons (Fsp3) is 0.211. The van der Waals surface area contributed by atoms with Crippen LogP contribution in [0, 0.1) is 6.92 Å². The number of halogens is 1. The maximum atomic E-state index is 13.1. The van der Waals surface area contributed by atoms with Gasteiger partial charge in [-0.3, -0.25) is 4.79 Å². The third-order valence-electron chi connectivity index (χ3n) is 4.43.